The second-order valence-corrected chi connectivity index (χ2v) is 6.25. The van der Waals surface area contributed by atoms with Gasteiger partial charge in [0, 0.05) is 6.42 Å². The molecule has 1 fully saturated rings. The second-order valence-electron chi connectivity index (χ2n) is 6.25. The molecule has 0 saturated heterocycles. The molecule has 17 heavy (non-hydrogen) atoms. The van der Waals surface area contributed by atoms with Gasteiger partial charge in [-0.1, -0.05) is 32.9 Å². The fourth-order valence-electron chi connectivity index (χ4n) is 2.70. The van der Waals surface area contributed by atoms with Crippen molar-refractivity contribution in [3.8, 4) is 0 Å². The minimum atomic E-state index is 0.328. The van der Waals surface area contributed by atoms with Gasteiger partial charge >= 0.3 is 0 Å². The molecule has 100 valence electrons. The summed E-state index contributed by atoms with van der Waals surface area (Å²) in [6.45, 7) is 11.5. The molecule has 1 saturated carbocycles. The first-order valence-corrected chi connectivity index (χ1v) is 6.51. The fourth-order valence-corrected chi connectivity index (χ4v) is 2.70. The van der Waals surface area contributed by atoms with Gasteiger partial charge in [-0.25, -0.2) is 0 Å². The van der Waals surface area contributed by atoms with Gasteiger partial charge in [0.05, 0.1) is 0 Å². The van der Waals surface area contributed by atoms with Crippen molar-refractivity contribution in [2.75, 3.05) is 13.1 Å². The minimum absolute atomic E-state index is 0.328. The van der Waals surface area contributed by atoms with E-state index in [1.165, 1.54) is 0 Å². The number of nitrogens with two attached hydrogens (primary N) is 1. The van der Waals surface area contributed by atoms with E-state index in [4.69, 9.17) is 10.9 Å². The molecule has 0 aromatic rings. The molecule has 0 aromatic heterocycles. The molecular weight excluding hydrogens is 214 g/mol. The summed E-state index contributed by atoms with van der Waals surface area (Å²) >= 11 is 0. The Kier molecular flexibility index (Phi) is 4.42. The number of hydrogen-bond donors (Lipinski definition) is 3. The number of hydrogen-bond acceptors (Lipinski definition) is 3. The van der Waals surface area contributed by atoms with Gasteiger partial charge in [-0.3, -0.25) is 0 Å². The SMILES string of the molecule is CC1(C)C(CNCCCCC(N)=NO)C1(C)C. The first kappa shape index (κ1) is 14.3. The quantitative estimate of drug-likeness (QED) is 0.210. The molecule has 0 amide bonds. The van der Waals surface area contributed by atoms with Gasteiger partial charge in [0.25, 0.3) is 0 Å². The second kappa shape index (κ2) is 5.25. The van der Waals surface area contributed by atoms with Gasteiger partial charge < -0.3 is 16.3 Å². The lowest BCUT2D eigenvalue weighted by Crippen LogP contribution is -2.21. The van der Waals surface area contributed by atoms with Crippen molar-refractivity contribution in [1.29, 1.82) is 0 Å². The predicted molar refractivity (Wildman–Crippen MR) is 71.2 cm³/mol. The minimum Gasteiger partial charge on any atom is -0.409 e. The summed E-state index contributed by atoms with van der Waals surface area (Å²) in [5.41, 5.74) is 6.33. The van der Waals surface area contributed by atoms with E-state index in [-0.39, 0.29) is 0 Å². The van der Waals surface area contributed by atoms with E-state index in [1.54, 1.807) is 0 Å². The van der Waals surface area contributed by atoms with E-state index in [1.807, 2.05) is 0 Å². The molecule has 1 rings (SSSR count). The lowest BCUT2D eigenvalue weighted by atomic mass is 10.0. The van der Waals surface area contributed by atoms with Gasteiger partial charge in [-0.05, 0) is 42.7 Å². The van der Waals surface area contributed by atoms with Crippen LogP contribution in [0.15, 0.2) is 5.16 Å². The Labute approximate surface area is 105 Å². The molecule has 0 aliphatic heterocycles. The van der Waals surface area contributed by atoms with Crippen LogP contribution in [0.4, 0.5) is 0 Å². The zero-order valence-corrected chi connectivity index (χ0v) is 11.6. The zero-order valence-electron chi connectivity index (χ0n) is 11.6. The highest BCUT2D eigenvalue weighted by molar-refractivity contribution is 5.79. The van der Waals surface area contributed by atoms with Gasteiger partial charge in [-0.15, -0.1) is 0 Å². The Morgan fingerprint density at radius 2 is 1.82 bits per heavy atom. The Hall–Kier alpha value is -0.770. The maximum absolute atomic E-state index is 8.38. The number of oxime groups is 1. The van der Waals surface area contributed by atoms with Gasteiger partial charge in [0.2, 0.25) is 0 Å². The highest BCUT2D eigenvalue weighted by Gasteiger charge is 2.63. The fraction of sp³-hybridized carbons (Fsp3) is 0.923. The summed E-state index contributed by atoms with van der Waals surface area (Å²) in [7, 11) is 0. The van der Waals surface area contributed by atoms with Crippen molar-refractivity contribution in [2.45, 2.75) is 47.0 Å². The summed E-state index contributed by atoms with van der Waals surface area (Å²) in [5.74, 6) is 1.11. The van der Waals surface area contributed by atoms with Crippen LogP contribution < -0.4 is 11.1 Å². The number of unbranched alkanes of at least 4 members (excludes halogenated alkanes) is 1. The summed E-state index contributed by atoms with van der Waals surface area (Å²) in [4.78, 5) is 0. The van der Waals surface area contributed by atoms with Crippen LogP contribution in [0, 0.1) is 16.7 Å². The summed E-state index contributed by atoms with van der Waals surface area (Å²) in [5, 5.41) is 14.8. The number of nitrogens with one attached hydrogen (secondary N) is 1. The molecule has 4 heteroatoms. The molecule has 0 aromatic carbocycles. The van der Waals surface area contributed by atoms with Crippen molar-refractivity contribution >= 4 is 5.84 Å². The van der Waals surface area contributed by atoms with Crippen LogP contribution in [-0.2, 0) is 0 Å². The smallest absolute Gasteiger partial charge is 0.139 e. The summed E-state index contributed by atoms with van der Waals surface area (Å²) in [6.07, 6.45) is 2.72. The third-order valence-corrected chi connectivity index (χ3v) is 4.83. The first-order valence-electron chi connectivity index (χ1n) is 6.51. The number of amidine groups is 1. The molecule has 4 nitrogen and oxygen atoms in total. The van der Waals surface area contributed by atoms with Crippen LogP contribution in [-0.4, -0.2) is 24.1 Å². The highest BCUT2D eigenvalue weighted by Crippen LogP contribution is 2.67. The van der Waals surface area contributed by atoms with Crippen LogP contribution in [0.2, 0.25) is 0 Å². The largest absolute Gasteiger partial charge is 0.409 e. The van der Waals surface area contributed by atoms with Gasteiger partial charge in [0.15, 0.2) is 0 Å². The molecule has 0 atom stereocenters. The van der Waals surface area contributed by atoms with E-state index in [9.17, 15) is 0 Å². The van der Waals surface area contributed by atoms with E-state index in [2.05, 4.69) is 38.2 Å². The van der Waals surface area contributed by atoms with Crippen LogP contribution in [0.5, 0.6) is 0 Å². The zero-order chi connectivity index (χ0) is 13.1. The Balaban J connectivity index is 2.03. The van der Waals surface area contributed by atoms with Crippen molar-refractivity contribution in [1.82, 2.24) is 5.32 Å². The number of rotatable bonds is 7. The number of nitrogens with zero attached hydrogens (tertiary/aromatic N) is 1. The van der Waals surface area contributed by atoms with E-state index in [0.717, 1.165) is 31.8 Å². The topological polar surface area (TPSA) is 70.6 Å². The molecule has 0 heterocycles. The third-order valence-electron chi connectivity index (χ3n) is 4.83. The molecule has 0 spiro atoms. The Morgan fingerprint density at radius 1 is 1.24 bits per heavy atom. The van der Waals surface area contributed by atoms with Crippen molar-refractivity contribution < 1.29 is 5.21 Å². The lowest BCUT2D eigenvalue weighted by molar-refractivity contribution is 0.316. The molecule has 4 N–H and O–H groups in total. The summed E-state index contributed by atoms with van der Waals surface area (Å²) in [6, 6.07) is 0. The normalized spacial score (nSPS) is 22.7. The first-order chi connectivity index (χ1) is 7.84. The standard InChI is InChI=1S/C13H27N3O/c1-12(2)10(13(12,3)4)9-15-8-6-5-7-11(14)16-17/h10,15,17H,5-9H2,1-4H3,(H2,14,16). The van der Waals surface area contributed by atoms with Crippen LogP contribution >= 0.6 is 0 Å². The Bertz CT molecular complexity index is 270. The van der Waals surface area contributed by atoms with E-state index >= 15 is 0 Å². The molecule has 0 radical (unpaired) electrons. The van der Waals surface area contributed by atoms with Crippen LogP contribution in [0.25, 0.3) is 0 Å². The highest BCUT2D eigenvalue weighted by atomic mass is 16.4. The van der Waals surface area contributed by atoms with Gasteiger partial charge in [-0.2, -0.15) is 0 Å². The average Bonchev–Trinajstić information content (AvgIpc) is 2.64. The van der Waals surface area contributed by atoms with E-state index in [0.29, 0.717) is 23.1 Å². The predicted octanol–water partition coefficient (Wildman–Crippen LogP) is 2.17. The van der Waals surface area contributed by atoms with Crippen LogP contribution in [0.1, 0.15) is 47.0 Å². The van der Waals surface area contributed by atoms with Crippen molar-refractivity contribution in [3.05, 3.63) is 0 Å². The molecule has 0 unspecified atom stereocenters. The monoisotopic (exact) mass is 241 g/mol. The van der Waals surface area contributed by atoms with Crippen LogP contribution in [0.3, 0.4) is 0 Å². The molecule has 1 aliphatic carbocycles. The summed E-state index contributed by atoms with van der Waals surface area (Å²) < 4.78 is 0. The van der Waals surface area contributed by atoms with Gasteiger partial charge in [0.1, 0.15) is 5.84 Å². The average molecular weight is 241 g/mol. The Morgan fingerprint density at radius 3 is 2.29 bits per heavy atom. The molecule has 1 aliphatic rings. The third kappa shape index (κ3) is 3.12. The van der Waals surface area contributed by atoms with Crippen molar-refractivity contribution in [2.24, 2.45) is 27.6 Å². The molecular formula is C13H27N3O. The lowest BCUT2D eigenvalue weighted by Gasteiger charge is -2.05. The van der Waals surface area contributed by atoms with Crippen molar-refractivity contribution in [3.63, 3.8) is 0 Å². The van der Waals surface area contributed by atoms with E-state index < -0.39 is 0 Å². The maximum Gasteiger partial charge on any atom is 0.139 e. The molecule has 0 bridgehead atoms. The maximum atomic E-state index is 8.38.